The molecule has 0 atom stereocenters. The number of nitrogens with zero attached hydrogens (tertiary/aromatic N) is 1. The summed E-state index contributed by atoms with van der Waals surface area (Å²) in [4.78, 5) is 10.1. The van der Waals surface area contributed by atoms with E-state index >= 15 is 0 Å². The van der Waals surface area contributed by atoms with Gasteiger partial charge in [-0.25, -0.2) is 4.79 Å². The number of rotatable bonds is 2. The molecule has 0 bridgehead atoms. The van der Waals surface area contributed by atoms with Crippen molar-refractivity contribution in [1.29, 1.82) is 0 Å². The van der Waals surface area contributed by atoms with Crippen molar-refractivity contribution in [3.63, 3.8) is 0 Å². The van der Waals surface area contributed by atoms with Crippen LogP contribution < -0.4 is 5.14 Å². The summed E-state index contributed by atoms with van der Waals surface area (Å²) in [6.07, 6.45) is 0.784. The number of hydrogen-bond acceptors (Lipinski definition) is 3. The predicted octanol–water partition coefficient (Wildman–Crippen LogP) is 1.25. The first kappa shape index (κ1) is 7.78. The van der Waals surface area contributed by atoms with E-state index in [1.54, 1.807) is 0 Å². The molecule has 0 aliphatic carbocycles. The molecule has 46 valence electrons. The van der Waals surface area contributed by atoms with Gasteiger partial charge in [-0.1, -0.05) is 12.1 Å². The molecule has 0 N–H and O–H groups in total. The van der Waals surface area contributed by atoms with Gasteiger partial charge in [0, 0.05) is 0 Å². The number of carbonyl (C=O) groups is 1. The predicted molar refractivity (Wildman–Crippen MR) is 31.4 cm³/mol. The minimum absolute atomic E-state index is 0.104. The molecule has 0 unspecified atom stereocenters. The highest BCUT2D eigenvalue weighted by atomic mass is 32.2. The normalized spacial score (nSPS) is 8.75. The summed E-state index contributed by atoms with van der Waals surface area (Å²) in [5.74, 6) is 0. The highest BCUT2D eigenvalue weighted by Crippen LogP contribution is 1.96. The smallest absolute Gasteiger partial charge is 0.385 e. The number of carbonyl (C=O) groups excluding carboxylic acids is 1. The summed E-state index contributed by atoms with van der Waals surface area (Å²) in [6.45, 7) is 2.27. The average Bonchev–Trinajstić information content (AvgIpc) is 1.83. The third kappa shape index (κ3) is 3.95. The van der Waals surface area contributed by atoms with Crippen LogP contribution in [0.1, 0.15) is 13.3 Å². The van der Waals surface area contributed by atoms with Gasteiger partial charge in [0.05, 0.1) is 18.6 Å². The topological polar surface area (TPSA) is 48.6 Å². The molecule has 0 aliphatic rings. The lowest BCUT2D eigenvalue weighted by atomic mass is 10.5. The van der Waals surface area contributed by atoms with Crippen molar-refractivity contribution in [2.45, 2.75) is 13.3 Å². The molecule has 0 amide bonds. The van der Waals surface area contributed by atoms with E-state index in [1.807, 2.05) is 6.92 Å². The largest absolute Gasteiger partial charge is 0.457 e. The molecule has 2 radical (unpaired) electrons. The minimum Gasteiger partial charge on any atom is -0.457 e. The Morgan fingerprint density at radius 1 is 1.88 bits per heavy atom. The fraction of sp³-hybridized carbons (Fsp3) is 0.750. The third-order valence-corrected chi connectivity index (χ3v) is 0.765. The Morgan fingerprint density at radius 3 is 2.88 bits per heavy atom. The quantitative estimate of drug-likeness (QED) is 0.420. The van der Waals surface area contributed by atoms with E-state index in [-0.39, 0.29) is 11.9 Å². The molecule has 0 heterocycles. The van der Waals surface area contributed by atoms with Gasteiger partial charge in [0.2, 0.25) is 0 Å². The third-order valence-electron chi connectivity index (χ3n) is 0.499. The Kier molecular flexibility index (Phi) is 4.79. The summed E-state index contributed by atoms with van der Waals surface area (Å²) in [5, 5.41) is 7.37. The van der Waals surface area contributed by atoms with Gasteiger partial charge < -0.3 is 4.74 Å². The van der Waals surface area contributed by atoms with Crippen LogP contribution in [0.25, 0.3) is 0 Å². The van der Waals surface area contributed by atoms with Gasteiger partial charge in [0.25, 0.3) is 0 Å². The lowest BCUT2D eigenvalue weighted by Gasteiger charge is -1.94. The minimum atomic E-state index is -0.633. The van der Waals surface area contributed by atoms with E-state index in [4.69, 9.17) is 5.14 Å². The van der Waals surface area contributed by atoms with E-state index in [0.29, 0.717) is 6.61 Å². The Labute approximate surface area is 52.7 Å². The van der Waals surface area contributed by atoms with Crippen molar-refractivity contribution in [3.8, 4) is 0 Å². The Bertz CT molecular complexity index is 76.4. The highest BCUT2D eigenvalue weighted by Gasteiger charge is 1.97. The van der Waals surface area contributed by atoms with Crippen molar-refractivity contribution in [1.82, 2.24) is 5.14 Å². The van der Waals surface area contributed by atoms with Crippen LogP contribution in [-0.2, 0) is 4.74 Å². The zero-order valence-corrected chi connectivity index (χ0v) is 5.40. The van der Waals surface area contributed by atoms with Gasteiger partial charge in [-0.2, -0.15) is 0 Å². The van der Waals surface area contributed by atoms with Crippen LogP contribution in [0, 0.1) is 0 Å². The van der Waals surface area contributed by atoms with E-state index in [1.165, 1.54) is 0 Å². The Hall–Kier alpha value is -0.220. The summed E-state index contributed by atoms with van der Waals surface area (Å²) < 4.78 is 4.41. The lowest BCUT2D eigenvalue weighted by molar-refractivity contribution is 0.175. The zero-order valence-electron chi connectivity index (χ0n) is 4.59. The van der Waals surface area contributed by atoms with Crippen LogP contribution in [-0.4, -0.2) is 11.9 Å². The fourth-order valence-electron chi connectivity index (χ4n) is 0.212. The standard InChI is InChI=1S/C4H7NO2S/c1-2-3-7-4(6)8-5/h2-3H2,1H3. The second-order valence-corrected chi connectivity index (χ2v) is 1.71. The molecule has 0 rings (SSSR count). The summed E-state index contributed by atoms with van der Waals surface area (Å²) in [5.41, 5.74) is 0. The Balaban J connectivity index is 2.99. The molecule has 0 saturated heterocycles. The molecular formula is C4H7NO2S. The van der Waals surface area contributed by atoms with Gasteiger partial charge in [-0.05, 0) is 6.42 Å². The van der Waals surface area contributed by atoms with Crippen molar-refractivity contribution in [3.05, 3.63) is 0 Å². The van der Waals surface area contributed by atoms with Crippen LogP contribution in [0.4, 0.5) is 4.79 Å². The first-order valence-electron chi connectivity index (χ1n) is 2.29. The first-order chi connectivity index (χ1) is 3.81. The van der Waals surface area contributed by atoms with Gasteiger partial charge >= 0.3 is 5.30 Å². The molecule has 0 aromatic carbocycles. The summed E-state index contributed by atoms with van der Waals surface area (Å²) >= 11 is 0.104. The molecule has 8 heavy (non-hydrogen) atoms. The fourth-order valence-corrected chi connectivity index (χ4v) is 0.348. The molecule has 4 heteroatoms. The summed E-state index contributed by atoms with van der Waals surface area (Å²) in [7, 11) is 0. The van der Waals surface area contributed by atoms with E-state index in [2.05, 4.69) is 4.74 Å². The maximum Gasteiger partial charge on any atom is 0.385 e. The van der Waals surface area contributed by atoms with Gasteiger partial charge in [0.1, 0.15) is 0 Å². The van der Waals surface area contributed by atoms with Crippen LogP contribution >= 0.6 is 11.9 Å². The second kappa shape index (κ2) is 4.93. The number of hydrogen-bond donors (Lipinski definition) is 0. The second-order valence-electron chi connectivity index (χ2n) is 1.19. The lowest BCUT2D eigenvalue weighted by Crippen LogP contribution is -1.97. The number of ether oxygens (including phenoxy) is 1. The van der Waals surface area contributed by atoms with E-state index < -0.39 is 5.30 Å². The molecule has 0 aromatic rings. The maximum atomic E-state index is 10.1. The maximum absolute atomic E-state index is 10.1. The van der Waals surface area contributed by atoms with Gasteiger partial charge in [0.15, 0.2) is 0 Å². The van der Waals surface area contributed by atoms with Gasteiger partial charge in [-0.3, -0.25) is 0 Å². The molecule has 0 aliphatic heterocycles. The van der Waals surface area contributed by atoms with Crippen molar-refractivity contribution in [2.24, 2.45) is 0 Å². The van der Waals surface area contributed by atoms with Gasteiger partial charge in [-0.15, -0.1) is 0 Å². The average molecular weight is 133 g/mol. The SMILES string of the molecule is CCCOC(=O)S[N]. The first-order valence-corrected chi connectivity index (χ1v) is 3.06. The highest BCUT2D eigenvalue weighted by molar-refractivity contribution is 8.11. The molecular weight excluding hydrogens is 126 g/mol. The van der Waals surface area contributed by atoms with Crippen LogP contribution in [0.2, 0.25) is 0 Å². The summed E-state index contributed by atoms with van der Waals surface area (Å²) in [6, 6.07) is 0. The molecule has 0 spiro atoms. The zero-order chi connectivity index (χ0) is 6.41. The molecule has 0 aromatic heterocycles. The molecule has 3 nitrogen and oxygen atoms in total. The molecule has 0 fully saturated rings. The van der Waals surface area contributed by atoms with Crippen molar-refractivity contribution >= 4 is 17.2 Å². The Morgan fingerprint density at radius 2 is 2.50 bits per heavy atom. The monoisotopic (exact) mass is 133 g/mol. The molecule has 0 saturated carbocycles. The van der Waals surface area contributed by atoms with Crippen LogP contribution in [0.3, 0.4) is 0 Å². The van der Waals surface area contributed by atoms with Crippen LogP contribution in [0.5, 0.6) is 0 Å². The van der Waals surface area contributed by atoms with Crippen molar-refractivity contribution < 1.29 is 9.53 Å². The van der Waals surface area contributed by atoms with E-state index in [9.17, 15) is 4.79 Å². The van der Waals surface area contributed by atoms with Crippen molar-refractivity contribution in [2.75, 3.05) is 6.61 Å². The van der Waals surface area contributed by atoms with Crippen LogP contribution in [0.15, 0.2) is 0 Å². The van der Waals surface area contributed by atoms with E-state index in [0.717, 1.165) is 6.42 Å².